The summed E-state index contributed by atoms with van der Waals surface area (Å²) in [6.07, 6.45) is 3.23. The van der Waals surface area contributed by atoms with E-state index < -0.39 is 0 Å². The molecule has 2 aliphatic heterocycles. The predicted octanol–water partition coefficient (Wildman–Crippen LogP) is 1.57. The summed E-state index contributed by atoms with van der Waals surface area (Å²) in [7, 11) is 0. The highest BCUT2D eigenvalue weighted by Gasteiger charge is 2.39. The molecule has 0 spiro atoms. The zero-order chi connectivity index (χ0) is 14.1. The van der Waals surface area contributed by atoms with Gasteiger partial charge < -0.3 is 19.9 Å². The van der Waals surface area contributed by atoms with Crippen molar-refractivity contribution in [3.05, 3.63) is 17.5 Å². The van der Waals surface area contributed by atoms with Crippen molar-refractivity contribution in [2.75, 3.05) is 13.1 Å². The number of nitrogens with two attached hydrogens (primary N) is 1. The Morgan fingerprint density at radius 3 is 2.90 bits per heavy atom. The Labute approximate surface area is 130 Å². The first-order valence-corrected chi connectivity index (χ1v) is 7.28. The first-order valence-electron chi connectivity index (χ1n) is 7.28. The van der Waals surface area contributed by atoms with Crippen LogP contribution in [0.2, 0.25) is 0 Å². The highest BCUT2D eigenvalue weighted by Crippen LogP contribution is 2.34. The maximum atomic E-state index is 12.6. The third kappa shape index (κ3) is 3.22. The Morgan fingerprint density at radius 2 is 2.29 bits per heavy atom. The van der Waals surface area contributed by atoms with E-state index in [1.54, 1.807) is 0 Å². The summed E-state index contributed by atoms with van der Waals surface area (Å²) in [5.74, 6) is 0.847. The summed E-state index contributed by atoms with van der Waals surface area (Å²) in [4.78, 5) is 14.5. The molecule has 1 unspecified atom stereocenters. The highest BCUT2D eigenvalue weighted by molar-refractivity contribution is 5.85. The van der Waals surface area contributed by atoms with Gasteiger partial charge >= 0.3 is 0 Å². The molecule has 21 heavy (non-hydrogen) atoms. The number of aryl methyl sites for hydroxylation is 1. The lowest BCUT2D eigenvalue weighted by Gasteiger charge is -2.25. The van der Waals surface area contributed by atoms with Gasteiger partial charge in [0.25, 0.3) is 5.91 Å². The van der Waals surface area contributed by atoms with Crippen molar-refractivity contribution in [3.8, 4) is 0 Å². The summed E-state index contributed by atoms with van der Waals surface area (Å²) >= 11 is 0. The fourth-order valence-electron chi connectivity index (χ4n) is 3.11. The molecule has 2 saturated heterocycles. The van der Waals surface area contributed by atoms with E-state index in [4.69, 9.17) is 15.0 Å². The molecule has 7 heteroatoms. The molecule has 0 radical (unpaired) electrons. The van der Waals surface area contributed by atoms with Gasteiger partial charge in [-0.2, -0.15) is 0 Å². The van der Waals surface area contributed by atoms with Gasteiger partial charge in [-0.05, 0) is 32.6 Å². The Morgan fingerprint density at radius 1 is 1.48 bits per heavy atom. The van der Waals surface area contributed by atoms with Gasteiger partial charge in [0.1, 0.15) is 6.10 Å². The number of aromatic nitrogens is 1. The number of hydrogen-bond acceptors (Lipinski definition) is 5. The van der Waals surface area contributed by atoms with E-state index in [1.807, 2.05) is 17.9 Å². The smallest absolute Gasteiger partial charge is 0.252 e. The second-order valence-corrected chi connectivity index (χ2v) is 5.62. The van der Waals surface area contributed by atoms with Crippen LogP contribution in [0.1, 0.15) is 43.2 Å². The molecule has 6 nitrogen and oxygen atoms in total. The van der Waals surface area contributed by atoms with E-state index in [2.05, 4.69) is 5.16 Å². The predicted molar refractivity (Wildman–Crippen MR) is 79.1 cm³/mol. The average Bonchev–Trinajstić information content (AvgIpc) is 3.17. The highest BCUT2D eigenvalue weighted by atomic mass is 35.5. The van der Waals surface area contributed by atoms with Gasteiger partial charge in [0.05, 0.1) is 17.8 Å². The molecule has 3 atom stereocenters. The fourth-order valence-corrected chi connectivity index (χ4v) is 3.11. The topological polar surface area (TPSA) is 81.6 Å². The molecule has 2 fully saturated rings. The van der Waals surface area contributed by atoms with Crippen molar-refractivity contribution in [1.29, 1.82) is 0 Å². The number of carbonyl (C=O) groups is 1. The number of likely N-dealkylation sites (tertiary alicyclic amines) is 1. The molecule has 2 aliphatic rings. The van der Waals surface area contributed by atoms with Crippen LogP contribution in [-0.4, -0.2) is 41.3 Å². The SMILES string of the molecule is Cc1cc(C2CCCN2C(=O)[C@@H]2CC[C@H](CN)O2)on1.Cl. The molecule has 3 heterocycles. The van der Waals surface area contributed by atoms with Crippen LogP contribution in [0, 0.1) is 6.92 Å². The van der Waals surface area contributed by atoms with Gasteiger partial charge in [-0.25, -0.2) is 0 Å². The molecular weight excluding hydrogens is 294 g/mol. The van der Waals surface area contributed by atoms with Crippen LogP contribution in [-0.2, 0) is 9.53 Å². The van der Waals surface area contributed by atoms with Crippen LogP contribution in [0.25, 0.3) is 0 Å². The molecule has 0 bridgehead atoms. The zero-order valence-electron chi connectivity index (χ0n) is 12.2. The molecule has 1 amide bonds. The average molecular weight is 316 g/mol. The third-order valence-corrected chi connectivity index (χ3v) is 4.16. The van der Waals surface area contributed by atoms with Crippen molar-refractivity contribution in [3.63, 3.8) is 0 Å². The number of hydrogen-bond donors (Lipinski definition) is 1. The van der Waals surface area contributed by atoms with Crippen molar-refractivity contribution in [1.82, 2.24) is 10.1 Å². The van der Waals surface area contributed by atoms with Crippen molar-refractivity contribution < 1.29 is 14.1 Å². The number of ether oxygens (including phenoxy) is 1. The minimum atomic E-state index is -0.340. The standard InChI is InChI=1S/C14H21N3O3.ClH/c1-9-7-13(20-16-9)11-3-2-6-17(11)14(18)12-5-4-10(8-15)19-12;/h7,10-12H,2-6,8,15H2,1H3;1H/t10-,11?,12+;/m1./s1. The summed E-state index contributed by atoms with van der Waals surface area (Å²) in [6, 6.07) is 1.92. The van der Waals surface area contributed by atoms with Crippen molar-refractivity contribution in [2.24, 2.45) is 5.73 Å². The maximum absolute atomic E-state index is 12.6. The van der Waals surface area contributed by atoms with E-state index >= 15 is 0 Å². The van der Waals surface area contributed by atoms with Gasteiger partial charge in [-0.1, -0.05) is 5.16 Å². The molecule has 2 N–H and O–H groups in total. The minimum absolute atomic E-state index is 0. The lowest BCUT2D eigenvalue weighted by Crippen LogP contribution is -2.39. The van der Waals surface area contributed by atoms with Gasteiger partial charge in [0.15, 0.2) is 5.76 Å². The lowest BCUT2D eigenvalue weighted by molar-refractivity contribution is -0.144. The Balaban J connectivity index is 0.00000161. The van der Waals surface area contributed by atoms with Crippen LogP contribution in [0.3, 0.4) is 0 Å². The van der Waals surface area contributed by atoms with E-state index in [9.17, 15) is 4.79 Å². The largest absolute Gasteiger partial charge is 0.364 e. The van der Waals surface area contributed by atoms with Crippen molar-refractivity contribution >= 4 is 18.3 Å². The fraction of sp³-hybridized carbons (Fsp3) is 0.714. The number of carbonyl (C=O) groups excluding carboxylic acids is 1. The monoisotopic (exact) mass is 315 g/mol. The van der Waals surface area contributed by atoms with Gasteiger partial charge in [0.2, 0.25) is 0 Å². The number of rotatable bonds is 3. The molecule has 3 rings (SSSR count). The first-order chi connectivity index (χ1) is 9.69. The quantitative estimate of drug-likeness (QED) is 0.915. The van der Waals surface area contributed by atoms with Crippen LogP contribution in [0.4, 0.5) is 0 Å². The van der Waals surface area contributed by atoms with Gasteiger partial charge in [-0.3, -0.25) is 4.79 Å². The molecule has 0 saturated carbocycles. The number of amides is 1. The van der Waals surface area contributed by atoms with Crippen LogP contribution < -0.4 is 5.73 Å². The van der Waals surface area contributed by atoms with Crippen LogP contribution >= 0.6 is 12.4 Å². The van der Waals surface area contributed by atoms with E-state index in [0.29, 0.717) is 6.54 Å². The Hall–Kier alpha value is -1.11. The molecule has 1 aromatic rings. The minimum Gasteiger partial charge on any atom is -0.364 e. The summed E-state index contributed by atoms with van der Waals surface area (Å²) in [5.41, 5.74) is 6.44. The van der Waals surface area contributed by atoms with Crippen molar-refractivity contribution in [2.45, 2.75) is 50.9 Å². The van der Waals surface area contributed by atoms with E-state index in [-0.39, 0.29) is 36.6 Å². The maximum Gasteiger partial charge on any atom is 0.252 e. The van der Waals surface area contributed by atoms with E-state index in [1.165, 1.54) is 0 Å². The van der Waals surface area contributed by atoms with Crippen LogP contribution in [0.15, 0.2) is 10.6 Å². The second kappa shape index (κ2) is 6.77. The Kier molecular flexibility index (Phi) is 5.24. The van der Waals surface area contributed by atoms with Crippen LogP contribution in [0.5, 0.6) is 0 Å². The summed E-state index contributed by atoms with van der Waals surface area (Å²) in [6.45, 7) is 3.13. The Bertz CT molecular complexity index is 494. The number of nitrogens with zero attached hydrogens (tertiary/aromatic N) is 2. The molecule has 1 aromatic heterocycles. The third-order valence-electron chi connectivity index (χ3n) is 4.16. The number of halogens is 1. The molecular formula is C14H22ClN3O3. The van der Waals surface area contributed by atoms with E-state index in [0.717, 1.165) is 43.7 Å². The summed E-state index contributed by atoms with van der Waals surface area (Å²) < 4.78 is 11.0. The summed E-state index contributed by atoms with van der Waals surface area (Å²) in [5, 5.41) is 3.92. The normalized spacial score (nSPS) is 28.7. The second-order valence-electron chi connectivity index (χ2n) is 5.62. The molecule has 0 aromatic carbocycles. The van der Waals surface area contributed by atoms with Gasteiger partial charge in [0, 0.05) is 19.2 Å². The zero-order valence-corrected chi connectivity index (χ0v) is 13.0. The molecule has 118 valence electrons. The molecule has 0 aliphatic carbocycles. The first kappa shape index (κ1) is 16.3. The van der Waals surface area contributed by atoms with Gasteiger partial charge in [-0.15, -0.1) is 12.4 Å². The lowest BCUT2D eigenvalue weighted by atomic mass is 10.1.